The van der Waals surface area contributed by atoms with Gasteiger partial charge in [0.15, 0.2) is 0 Å². The molecule has 0 aliphatic heterocycles. The Labute approximate surface area is 91.4 Å². The van der Waals surface area contributed by atoms with Gasteiger partial charge in [-0.2, -0.15) is 0 Å². The largest absolute Gasteiger partial charge is 0.496 e. The zero-order valence-corrected chi connectivity index (χ0v) is 9.77. The van der Waals surface area contributed by atoms with E-state index in [1.165, 1.54) is 13.2 Å². The quantitative estimate of drug-likeness (QED) is 0.908. The lowest BCUT2D eigenvalue weighted by molar-refractivity contribution is 0.402. The molecule has 2 N–H and O–H groups in total. The summed E-state index contributed by atoms with van der Waals surface area (Å²) in [5.74, 6) is 0.253. The van der Waals surface area contributed by atoms with Gasteiger partial charge in [-0.1, -0.05) is 15.9 Å². The van der Waals surface area contributed by atoms with Gasteiger partial charge in [0.25, 0.3) is 0 Å². The van der Waals surface area contributed by atoms with E-state index in [1.54, 1.807) is 6.07 Å². The molecule has 0 radical (unpaired) electrons. The van der Waals surface area contributed by atoms with Crippen LogP contribution in [0.1, 0.15) is 12.5 Å². The second-order valence-corrected chi connectivity index (χ2v) is 4.17. The van der Waals surface area contributed by atoms with Gasteiger partial charge in [-0.15, -0.1) is 0 Å². The zero-order valence-electron chi connectivity index (χ0n) is 8.18. The van der Waals surface area contributed by atoms with Crippen molar-refractivity contribution in [3.05, 3.63) is 28.0 Å². The third-order valence-electron chi connectivity index (χ3n) is 1.87. The summed E-state index contributed by atoms with van der Waals surface area (Å²) >= 11 is 3.20. The van der Waals surface area contributed by atoms with Gasteiger partial charge in [0.05, 0.1) is 7.11 Å². The molecule has 4 heteroatoms. The van der Waals surface area contributed by atoms with Crippen LogP contribution in [0.5, 0.6) is 5.75 Å². The number of hydrogen-bond acceptors (Lipinski definition) is 2. The first-order valence-corrected chi connectivity index (χ1v) is 5.11. The first kappa shape index (κ1) is 11.5. The highest BCUT2D eigenvalue weighted by Gasteiger charge is 2.12. The fourth-order valence-corrected chi connectivity index (χ4v) is 1.69. The predicted octanol–water partition coefficient (Wildman–Crippen LogP) is 2.49. The Morgan fingerprint density at radius 1 is 1.57 bits per heavy atom. The summed E-state index contributed by atoms with van der Waals surface area (Å²) in [6.07, 6.45) is 0.474. The van der Waals surface area contributed by atoms with Crippen LogP contribution in [0.3, 0.4) is 0 Å². The molecular formula is C10H13BrFNO. The maximum absolute atomic E-state index is 13.5. The van der Waals surface area contributed by atoms with Crippen LogP contribution in [0.15, 0.2) is 16.6 Å². The van der Waals surface area contributed by atoms with Gasteiger partial charge in [-0.25, -0.2) is 4.39 Å². The number of rotatable bonds is 3. The average Bonchev–Trinajstić information content (AvgIpc) is 2.08. The summed E-state index contributed by atoms with van der Waals surface area (Å²) in [5.41, 5.74) is 6.15. The smallest absolute Gasteiger partial charge is 0.131 e. The first-order valence-electron chi connectivity index (χ1n) is 4.32. The van der Waals surface area contributed by atoms with Gasteiger partial charge in [0, 0.05) is 16.1 Å². The zero-order chi connectivity index (χ0) is 10.7. The number of ether oxygens (including phenoxy) is 1. The Balaban J connectivity index is 3.11. The molecule has 2 nitrogen and oxygen atoms in total. The Morgan fingerprint density at radius 3 is 2.71 bits per heavy atom. The summed E-state index contributed by atoms with van der Waals surface area (Å²) < 4.78 is 19.2. The summed E-state index contributed by atoms with van der Waals surface area (Å²) in [7, 11) is 1.52. The Morgan fingerprint density at radius 2 is 2.21 bits per heavy atom. The number of hydrogen-bond donors (Lipinski definition) is 1. The van der Waals surface area contributed by atoms with Crippen LogP contribution in [-0.4, -0.2) is 13.2 Å². The fraction of sp³-hybridized carbons (Fsp3) is 0.400. The van der Waals surface area contributed by atoms with E-state index in [1.807, 2.05) is 6.92 Å². The van der Waals surface area contributed by atoms with E-state index in [2.05, 4.69) is 15.9 Å². The standard InChI is InChI=1S/C10H13BrFNO/c1-6(13)3-8-9(12)4-7(11)5-10(8)14-2/h4-6H,3,13H2,1-2H3/t6-/m0/s1. The molecule has 1 rings (SSSR count). The Bertz CT molecular complexity index is 328. The van der Waals surface area contributed by atoms with Crippen molar-refractivity contribution in [2.45, 2.75) is 19.4 Å². The van der Waals surface area contributed by atoms with Crippen molar-refractivity contribution in [3.63, 3.8) is 0 Å². The fourth-order valence-electron chi connectivity index (χ4n) is 1.28. The monoisotopic (exact) mass is 261 g/mol. The normalized spacial score (nSPS) is 12.6. The second kappa shape index (κ2) is 4.75. The van der Waals surface area contributed by atoms with Gasteiger partial charge in [0.2, 0.25) is 0 Å². The average molecular weight is 262 g/mol. The molecule has 0 aliphatic carbocycles. The molecule has 0 aliphatic rings. The Kier molecular flexibility index (Phi) is 3.89. The summed E-state index contributed by atoms with van der Waals surface area (Å²) in [6.45, 7) is 1.83. The topological polar surface area (TPSA) is 35.2 Å². The molecule has 78 valence electrons. The molecule has 0 heterocycles. The molecule has 14 heavy (non-hydrogen) atoms. The van der Waals surface area contributed by atoms with E-state index < -0.39 is 0 Å². The van der Waals surface area contributed by atoms with Gasteiger partial charge >= 0.3 is 0 Å². The SMILES string of the molecule is COc1cc(Br)cc(F)c1C[C@H](C)N. The molecule has 0 amide bonds. The van der Waals surface area contributed by atoms with E-state index in [4.69, 9.17) is 10.5 Å². The van der Waals surface area contributed by atoms with Crippen LogP contribution < -0.4 is 10.5 Å². The highest BCUT2D eigenvalue weighted by Crippen LogP contribution is 2.27. The van der Waals surface area contributed by atoms with Crippen LogP contribution in [0, 0.1) is 5.82 Å². The van der Waals surface area contributed by atoms with E-state index in [0.717, 1.165) is 0 Å². The van der Waals surface area contributed by atoms with Gasteiger partial charge in [-0.05, 0) is 25.5 Å². The molecule has 0 bridgehead atoms. The third-order valence-corrected chi connectivity index (χ3v) is 2.32. The Hall–Kier alpha value is -0.610. The molecule has 1 atom stereocenters. The van der Waals surface area contributed by atoms with Crippen molar-refractivity contribution >= 4 is 15.9 Å². The van der Waals surface area contributed by atoms with Gasteiger partial charge in [-0.3, -0.25) is 0 Å². The lowest BCUT2D eigenvalue weighted by atomic mass is 10.1. The molecule has 0 fully saturated rings. The first-order chi connectivity index (χ1) is 6.54. The lowest BCUT2D eigenvalue weighted by Crippen LogP contribution is -2.19. The molecule has 1 aromatic carbocycles. The van der Waals surface area contributed by atoms with Crippen molar-refractivity contribution in [2.24, 2.45) is 5.73 Å². The maximum Gasteiger partial charge on any atom is 0.131 e. The minimum Gasteiger partial charge on any atom is -0.496 e. The minimum absolute atomic E-state index is 0.0837. The molecular weight excluding hydrogens is 249 g/mol. The molecule has 0 saturated heterocycles. The lowest BCUT2D eigenvalue weighted by Gasteiger charge is -2.12. The van der Waals surface area contributed by atoms with Crippen LogP contribution in [-0.2, 0) is 6.42 Å². The third kappa shape index (κ3) is 2.69. The number of benzene rings is 1. The molecule has 0 aromatic heterocycles. The van der Waals surface area contributed by atoms with Crippen LogP contribution in [0.2, 0.25) is 0 Å². The van der Waals surface area contributed by atoms with Crippen LogP contribution in [0.4, 0.5) is 4.39 Å². The number of nitrogens with two attached hydrogens (primary N) is 1. The molecule has 0 spiro atoms. The van der Waals surface area contributed by atoms with Crippen molar-refractivity contribution < 1.29 is 9.13 Å². The van der Waals surface area contributed by atoms with Gasteiger partial charge < -0.3 is 10.5 Å². The van der Waals surface area contributed by atoms with Crippen molar-refractivity contribution in [3.8, 4) is 5.75 Å². The van der Waals surface area contributed by atoms with E-state index in [0.29, 0.717) is 22.2 Å². The van der Waals surface area contributed by atoms with E-state index in [9.17, 15) is 4.39 Å². The van der Waals surface area contributed by atoms with Crippen molar-refractivity contribution in [1.82, 2.24) is 0 Å². The van der Waals surface area contributed by atoms with E-state index in [-0.39, 0.29) is 11.9 Å². The summed E-state index contributed by atoms with van der Waals surface area (Å²) in [5, 5.41) is 0. The van der Waals surface area contributed by atoms with Crippen LogP contribution >= 0.6 is 15.9 Å². The summed E-state index contributed by atoms with van der Waals surface area (Å²) in [6, 6.07) is 3.07. The molecule has 0 unspecified atom stereocenters. The minimum atomic E-state index is -0.284. The summed E-state index contributed by atoms with van der Waals surface area (Å²) in [4.78, 5) is 0. The van der Waals surface area contributed by atoms with Crippen molar-refractivity contribution in [2.75, 3.05) is 7.11 Å². The van der Waals surface area contributed by atoms with Gasteiger partial charge in [0.1, 0.15) is 11.6 Å². The maximum atomic E-state index is 13.5. The molecule has 1 aromatic rings. The van der Waals surface area contributed by atoms with Crippen LogP contribution in [0.25, 0.3) is 0 Å². The molecule has 0 saturated carbocycles. The van der Waals surface area contributed by atoms with E-state index >= 15 is 0 Å². The number of halogens is 2. The van der Waals surface area contributed by atoms with Crippen molar-refractivity contribution in [1.29, 1.82) is 0 Å². The highest BCUT2D eigenvalue weighted by molar-refractivity contribution is 9.10. The number of methoxy groups -OCH3 is 1. The second-order valence-electron chi connectivity index (χ2n) is 3.25. The highest BCUT2D eigenvalue weighted by atomic mass is 79.9. The predicted molar refractivity (Wildman–Crippen MR) is 58.0 cm³/mol.